The van der Waals surface area contributed by atoms with Crippen LogP contribution in [0.25, 0.3) is 22.7 Å². The van der Waals surface area contributed by atoms with E-state index in [4.69, 9.17) is 35.3 Å². The molecule has 30 heteroatoms. The summed E-state index contributed by atoms with van der Waals surface area (Å²) in [4.78, 5) is 66.5. The molecule has 0 bridgehead atoms. The van der Waals surface area contributed by atoms with Gasteiger partial charge in [0.2, 0.25) is 5.88 Å². The van der Waals surface area contributed by atoms with Gasteiger partial charge in [0.25, 0.3) is 0 Å². The molecule has 14 rings (SSSR count). The lowest BCUT2D eigenvalue weighted by Gasteiger charge is -2.15. The first-order valence-electron chi connectivity index (χ1n) is 36.7. The highest BCUT2D eigenvalue weighted by atomic mass is 35.5. The van der Waals surface area contributed by atoms with Crippen LogP contribution in [0.1, 0.15) is 121 Å². The standard InChI is InChI=1S/C22H25N5O2.C22H27N5O2.C21H17ClN4O3.C18H20N6O2/c1-4-20(23-2)16-7-5-8-17(13-16)29-14-19-18(15-11-12-15)9-6-10-21(19)27-22(28)26(3)24-25-27;1-5-6-12-20(23-3)17-10-8-11-18(14-17)29-15-19-16(2)9-7-13-21(19)27-22(28)26(4)24-25-27;1-25-21(27)26(24-23-25)20-12-6-11-19(22)18(20)14-28-16-9-5-10-17(13-16)29-15-7-3-2-4-8-15;1-12-7-5-9-16(24-18(25)23(4)21-22-24)14(12)11-26-17-10-6-8-15(20-17)13(2)19-3/h5-10,13,15H,4,11-12,14H2,1-3H3;7-11,13-14H,5-6,12,15H2,1-4H3;2-13H,14H2,1H3;5-10H,11H2,1-4H3. The first-order valence-corrected chi connectivity index (χ1v) is 37.1. The number of tetrazole rings is 4. The van der Waals surface area contributed by atoms with Crippen molar-refractivity contribution in [2.45, 2.75) is 105 Å². The van der Waals surface area contributed by atoms with Crippen molar-refractivity contribution in [3.63, 3.8) is 0 Å². The summed E-state index contributed by atoms with van der Waals surface area (Å²) < 4.78 is 39.8. The van der Waals surface area contributed by atoms with Crippen LogP contribution in [0.4, 0.5) is 0 Å². The lowest BCUT2D eigenvalue weighted by Crippen LogP contribution is -2.23. The van der Waals surface area contributed by atoms with Gasteiger partial charge in [-0.2, -0.15) is 37.5 Å². The van der Waals surface area contributed by atoms with Crippen LogP contribution >= 0.6 is 11.6 Å². The average molecular weight is 1550 g/mol. The van der Waals surface area contributed by atoms with Crippen molar-refractivity contribution in [2.75, 3.05) is 21.1 Å². The molecule has 0 aliphatic heterocycles. The maximum absolute atomic E-state index is 12.4. The molecule has 1 saturated carbocycles. The van der Waals surface area contributed by atoms with E-state index in [9.17, 15) is 19.2 Å². The highest BCUT2D eigenvalue weighted by Gasteiger charge is 2.29. The Kier molecular flexibility index (Phi) is 27.4. The number of aromatic nitrogens is 17. The zero-order valence-electron chi connectivity index (χ0n) is 65.1. The van der Waals surface area contributed by atoms with E-state index in [2.05, 4.69) is 87.6 Å². The molecule has 0 saturated heterocycles. The Morgan fingerprint density at radius 3 is 1.33 bits per heavy atom. The van der Waals surface area contributed by atoms with Crippen molar-refractivity contribution >= 4 is 28.7 Å². The third kappa shape index (κ3) is 20.2. The number of ether oxygens (including phenoxy) is 5. The Morgan fingerprint density at radius 1 is 0.434 bits per heavy atom. The fourth-order valence-corrected chi connectivity index (χ4v) is 12.3. The van der Waals surface area contributed by atoms with E-state index in [0.29, 0.717) is 64.2 Å². The first-order chi connectivity index (χ1) is 54.8. The van der Waals surface area contributed by atoms with E-state index in [-0.39, 0.29) is 36.0 Å². The Balaban J connectivity index is 0.000000149. The molecule has 5 aromatic heterocycles. The Bertz CT molecular complexity index is 5790. The van der Waals surface area contributed by atoms with Gasteiger partial charge in [0, 0.05) is 100 Å². The van der Waals surface area contributed by atoms with Gasteiger partial charge >= 0.3 is 22.8 Å². The second kappa shape index (κ2) is 38.4. The molecule has 0 amide bonds. The normalized spacial score (nSPS) is 12.1. The zero-order chi connectivity index (χ0) is 80.1. The van der Waals surface area contributed by atoms with Crippen LogP contribution in [0.2, 0.25) is 5.02 Å². The second-order valence-corrected chi connectivity index (χ2v) is 26.7. The van der Waals surface area contributed by atoms with Gasteiger partial charge in [0.15, 0.2) is 0 Å². The minimum absolute atomic E-state index is 0.146. The third-order valence-electron chi connectivity index (χ3n) is 18.6. The molecule has 5 heterocycles. The van der Waals surface area contributed by atoms with Gasteiger partial charge in [-0.1, -0.05) is 129 Å². The summed E-state index contributed by atoms with van der Waals surface area (Å²) in [5.41, 5.74) is 13.8. The molecule has 0 atom stereocenters. The fraction of sp³-hybridized carbons (Fsp3) is 0.277. The maximum atomic E-state index is 12.4. The summed E-state index contributed by atoms with van der Waals surface area (Å²) in [7, 11) is 11.6. The molecule has 0 N–H and O–H groups in total. The predicted molar refractivity (Wildman–Crippen MR) is 433 cm³/mol. The number of hydrogen-bond donors (Lipinski definition) is 0. The largest absolute Gasteiger partial charge is 0.489 e. The average Bonchev–Trinajstić information content (AvgIpc) is 1.67. The molecule has 582 valence electrons. The zero-order valence-corrected chi connectivity index (χ0v) is 65.9. The maximum Gasteiger partial charge on any atom is 0.368 e. The summed E-state index contributed by atoms with van der Waals surface area (Å²) in [5, 5.41) is 31.5. The molecule has 0 unspecified atom stereocenters. The fourth-order valence-electron chi connectivity index (χ4n) is 12.0. The molecular weight excluding hydrogens is 1460 g/mol. The highest BCUT2D eigenvalue weighted by molar-refractivity contribution is 6.31. The number of aryl methyl sites for hydroxylation is 6. The first kappa shape index (κ1) is 80.7. The number of pyridine rings is 1. The summed E-state index contributed by atoms with van der Waals surface area (Å²) in [6.07, 6.45) is 6.38. The van der Waals surface area contributed by atoms with Crippen LogP contribution in [-0.4, -0.2) is 122 Å². The van der Waals surface area contributed by atoms with E-state index < -0.39 is 0 Å². The van der Waals surface area contributed by atoms with Gasteiger partial charge < -0.3 is 23.7 Å². The van der Waals surface area contributed by atoms with Gasteiger partial charge in [-0.3, -0.25) is 15.0 Å². The molecule has 1 aliphatic rings. The molecular formula is C83H89ClN20O9. The molecule has 0 spiro atoms. The molecule has 13 aromatic rings. The second-order valence-electron chi connectivity index (χ2n) is 26.3. The predicted octanol–water partition coefficient (Wildman–Crippen LogP) is 12.4. The number of halogens is 1. The van der Waals surface area contributed by atoms with Crippen LogP contribution in [0.15, 0.2) is 228 Å². The van der Waals surface area contributed by atoms with Gasteiger partial charge in [0.05, 0.1) is 34.2 Å². The van der Waals surface area contributed by atoms with Crippen molar-refractivity contribution in [2.24, 2.45) is 43.2 Å². The highest BCUT2D eigenvalue weighted by Crippen LogP contribution is 2.43. The molecule has 113 heavy (non-hydrogen) atoms. The molecule has 1 fully saturated rings. The number of hydrogen-bond acceptors (Lipinski definition) is 21. The van der Waals surface area contributed by atoms with E-state index in [1.54, 1.807) is 58.5 Å². The number of benzene rings is 8. The van der Waals surface area contributed by atoms with Crippen molar-refractivity contribution in [3.8, 4) is 57.4 Å². The smallest absolute Gasteiger partial charge is 0.368 e. The number of nitrogens with zero attached hydrogens (tertiary/aromatic N) is 20. The summed E-state index contributed by atoms with van der Waals surface area (Å²) >= 11 is 6.37. The van der Waals surface area contributed by atoms with Gasteiger partial charge in [-0.05, 0) is 213 Å². The molecule has 1 aliphatic carbocycles. The van der Waals surface area contributed by atoms with Crippen LogP contribution in [0.3, 0.4) is 0 Å². The van der Waals surface area contributed by atoms with Crippen LogP contribution in [0, 0.1) is 13.8 Å². The monoisotopic (exact) mass is 1540 g/mol. The van der Waals surface area contributed by atoms with E-state index >= 15 is 0 Å². The topological polar surface area (TPSA) is 307 Å². The van der Waals surface area contributed by atoms with Crippen molar-refractivity contribution in [1.82, 2.24) is 84.1 Å². The summed E-state index contributed by atoms with van der Waals surface area (Å²) in [6.45, 7) is 11.2. The molecule has 29 nitrogen and oxygen atoms in total. The van der Waals surface area contributed by atoms with E-state index in [1.807, 2.05) is 187 Å². The van der Waals surface area contributed by atoms with E-state index in [0.717, 1.165) is 128 Å². The number of rotatable bonds is 26. The van der Waals surface area contributed by atoms with Gasteiger partial charge in [-0.15, -0.1) is 0 Å². The Morgan fingerprint density at radius 2 is 0.850 bits per heavy atom. The van der Waals surface area contributed by atoms with Crippen molar-refractivity contribution in [1.29, 1.82) is 0 Å². The number of aliphatic imine (C=N–C) groups is 3. The van der Waals surface area contributed by atoms with Crippen molar-refractivity contribution < 1.29 is 23.7 Å². The lowest BCUT2D eigenvalue weighted by atomic mass is 10.0. The van der Waals surface area contributed by atoms with Crippen molar-refractivity contribution in [3.05, 3.63) is 297 Å². The minimum Gasteiger partial charge on any atom is -0.489 e. The SMILES string of the molecule is CCC(=NC)c1cccc(OCc2c(C3CC3)cccc2-n2nnn(C)c2=O)c1.CCCCC(=NC)c1cccc(OCc2c(C)cccc2-n2nnn(C)c2=O)c1.CN=C(C)c1cccc(OCc2c(C)cccc2-n2nnn(C)c2=O)n1.Cn1nnn(-c2cccc(Cl)c2COc2cccc(Oc3ccccc3)c2)c1=O. The van der Waals surface area contributed by atoms with Crippen LogP contribution in [-0.2, 0) is 54.6 Å². The Labute approximate surface area is 657 Å². The summed E-state index contributed by atoms with van der Waals surface area (Å²) in [6, 6.07) is 60.9. The van der Waals surface area contributed by atoms with Crippen LogP contribution in [0.5, 0.6) is 34.6 Å². The third-order valence-corrected chi connectivity index (χ3v) is 18.9. The quantitative estimate of drug-likeness (QED) is 0.0455. The van der Waals surface area contributed by atoms with Gasteiger partial charge in [0.1, 0.15) is 55.2 Å². The number of unbranched alkanes of at least 4 members (excludes halogenated alkanes) is 1. The minimum atomic E-state index is -0.369. The van der Waals surface area contributed by atoms with E-state index in [1.165, 1.54) is 45.4 Å². The molecule has 0 radical (unpaired) electrons. The lowest BCUT2D eigenvalue weighted by molar-refractivity contribution is 0.292. The number of para-hydroxylation sites is 1. The Hall–Kier alpha value is -13.3. The summed E-state index contributed by atoms with van der Waals surface area (Å²) in [5.74, 6) is 4.55. The van der Waals surface area contributed by atoms with Crippen LogP contribution < -0.4 is 46.4 Å². The molecule has 8 aromatic carbocycles. The van der Waals surface area contributed by atoms with Gasteiger partial charge in [-0.25, -0.2) is 24.2 Å².